The summed E-state index contributed by atoms with van der Waals surface area (Å²) in [5.41, 5.74) is 1.64. The van der Waals surface area contributed by atoms with Crippen LogP contribution in [0.4, 0.5) is 5.82 Å². The van der Waals surface area contributed by atoms with E-state index in [0.29, 0.717) is 46.4 Å². The standard InChI is InChI=1S/C22H21N5O4/c1-4-30-17-9-6-5-8-15(17)21(29)24-19-12-16(18-10-7-11-31-18)26-27(19)22-23-14(3)13(2)20(28)25-22/h5-12H,4H2,1-3H3,(H,24,29)(H,23,25,28). The van der Waals surface area contributed by atoms with Crippen molar-refractivity contribution in [3.8, 4) is 23.2 Å². The Balaban J connectivity index is 1.78. The third kappa shape index (κ3) is 3.97. The van der Waals surface area contributed by atoms with Gasteiger partial charge in [-0.1, -0.05) is 12.1 Å². The monoisotopic (exact) mass is 419 g/mol. The Kier molecular flexibility index (Phi) is 5.40. The van der Waals surface area contributed by atoms with E-state index in [2.05, 4.69) is 20.4 Å². The van der Waals surface area contributed by atoms with Crippen molar-refractivity contribution in [3.05, 3.63) is 75.9 Å². The Morgan fingerprint density at radius 1 is 1.23 bits per heavy atom. The Hall–Kier alpha value is -4.14. The highest BCUT2D eigenvalue weighted by Crippen LogP contribution is 2.26. The summed E-state index contributed by atoms with van der Waals surface area (Å²) in [6.45, 7) is 5.71. The summed E-state index contributed by atoms with van der Waals surface area (Å²) in [6, 6.07) is 12.1. The molecule has 9 heteroatoms. The van der Waals surface area contributed by atoms with Crippen molar-refractivity contribution in [1.82, 2.24) is 19.7 Å². The van der Waals surface area contributed by atoms with Crippen LogP contribution in [0.5, 0.6) is 5.75 Å². The molecule has 1 aromatic carbocycles. The van der Waals surface area contributed by atoms with Gasteiger partial charge in [0.1, 0.15) is 17.3 Å². The van der Waals surface area contributed by atoms with Crippen LogP contribution in [0.1, 0.15) is 28.5 Å². The maximum absolute atomic E-state index is 13.0. The van der Waals surface area contributed by atoms with Crippen LogP contribution in [-0.2, 0) is 0 Å². The molecule has 4 rings (SSSR count). The number of rotatable bonds is 6. The number of aryl methyl sites for hydroxylation is 1. The second kappa shape index (κ2) is 8.31. The molecule has 0 aliphatic heterocycles. The lowest BCUT2D eigenvalue weighted by molar-refractivity contribution is 0.102. The highest BCUT2D eigenvalue weighted by molar-refractivity contribution is 6.06. The van der Waals surface area contributed by atoms with Gasteiger partial charge in [0, 0.05) is 17.3 Å². The molecule has 2 N–H and O–H groups in total. The molecule has 9 nitrogen and oxygen atoms in total. The number of benzene rings is 1. The molecular formula is C22H21N5O4. The first-order valence-electron chi connectivity index (χ1n) is 9.73. The summed E-state index contributed by atoms with van der Waals surface area (Å²) in [7, 11) is 0. The lowest BCUT2D eigenvalue weighted by Crippen LogP contribution is -2.21. The predicted octanol–water partition coefficient (Wildman–Crippen LogP) is 3.48. The maximum atomic E-state index is 13.0. The normalized spacial score (nSPS) is 10.8. The average Bonchev–Trinajstić information content (AvgIpc) is 3.42. The summed E-state index contributed by atoms with van der Waals surface area (Å²) in [5.74, 6) is 1.09. The van der Waals surface area contributed by atoms with Crippen LogP contribution in [0, 0.1) is 13.8 Å². The Morgan fingerprint density at radius 3 is 2.74 bits per heavy atom. The van der Waals surface area contributed by atoms with Crippen molar-refractivity contribution in [2.45, 2.75) is 20.8 Å². The number of ether oxygens (including phenoxy) is 1. The maximum Gasteiger partial charge on any atom is 0.260 e. The van der Waals surface area contributed by atoms with Gasteiger partial charge in [-0.25, -0.2) is 4.98 Å². The van der Waals surface area contributed by atoms with Gasteiger partial charge in [0.15, 0.2) is 5.76 Å². The first-order chi connectivity index (χ1) is 15.0. The zero-order chi connectivity index (χ0) is 22.0. The number of para-hydroxylation sites is 1. The van der Waals surface area contributed by atoms with Crippen molar-refractivity contribution in [2.75, 3.05) is 11.9 Å². The number of aromatic amines is 1. The number of nitrogens with zero attached hydrogens (tertiary/aromatic N) is 3. The van der Waals surface area contributed by atoms with Crippen LogP contribution < -0.4 is 15.6 Å². The van der Waals surface area contributed by atoms with Gasteiger partial charge in [-0.3, -0.25) is 14.6 Å². The number of carbonyl (C=O) groups excluding carboxylic acids is 1. The third-order valence-corrected chi connectivity index (χ3v) is 4.74. The second-order valence-corrected chi connectivity index (χ2v) is 6.79. The summed E-state index contributed by atoms with van der Waals surface area (Å²) in [6.07, 6.45) is 1.53. The average molecular weight is 419 g/mol. The van der Waals surface area contributed by atoms with Crippen molar-refractivity contribution < 1.29 is 13.9 Å². The summed E-state index contributed by atoms with van der Waals surface area (Å²) >= 11 is 0. The molecule has 158 valence electrons. The van der Waals surface area contributed by atoms with Crippen molar-refractivity contribution in [2.24, 2.45) is 0 Å². The Labute approximate surface area is 177 Å². The van der Waals surface area contributed by atoms with E-state index < -0.39 is 0 Å². The van der Waals surface area contributed by atoms with Gasteiger partial charge in [-0.2, -0.15) is 9.78 Å². The van der Waals surface area contributed by atoms with Crippen LogP contribution in [0.15, 0.2) is 57.9 Å². The first-order valence-corrected chi connectivity index (χ1v) is 9.73. The van der Waals surface area contributed by atoms with Crippen LogP contribution >= 0.6 is 0 Å². The molecule has 0 saturated heterocycles. The number of carbonyl (C=O) groups is 1. The summed E-state index contributed by atoms with van der Waals surface area (Å²) < 4.78 is 12.4. The number of aromatic nitrogens is 4. The molecule has 0 saturated carbocycles. The van der Waals surface area contributed by atoms with Gasteiger partial charge in [0.25, 0.3) is 11.5 Å². The number of hydrogen-bond donors (Lipinski definition) is 2. The molecule has 3 aromatic heterocycles. The minimum absolute atomic E-state index is 0.180. The molecule has 1 amide bonds. The van der Waals surface area contributed by atoms with Gasteiger partial charge in [-0.05, 0) is 45.0 Å². The van der Waals surface area contributed by atoms with Gasteiger partial charge in [0.05, 0.1) is 18.4 Å². The lowest BCUT2D eigenvalue weighted by atomic mass is 10.2. The largest absolute Gasteiger partial charge is 0.493 e. The Morgan fingerprint density at radius 2 is 2.03 bits per heavy atom. The summed E-state index contributed by atoms with van der Waals surface area (Å²) in [4.78, 5) is 32.4. The van der Waals surface area contributed by atoms with E-state index in [9.17, 15) is 9.59 Å². The summed E-state index contributed by atoms with van der Waals surface area (Å²) in [5, 5.41) is 7.32. The van der Waals surface area contributed by atoms with E-state index in [0.717, 1.165) is 0 Å². The number of hydrogen-bond acceptors (Lipinski definition) is 6. The van der Waals surface area contributed by atoms with Crippen LogP contribution in [0.2, 0.25) is 0 Å². The molecule has 3 heterocycles. The molecule has 0 fully saturated rings. The number of amides is 1. The highest BCUT2D eigenvalue weighted by Gasteiger charge is 2.19. The van der Waals surface area contributed by atoms with Gasteiger partial charge in [-0.15, -0.1) is 0 Å². The van der Waals surface area contributed by atoms with Gasteiger partial charge in [0.2, 0.25) is 5.95 Å². The molecule has 0 bridgehead atoms. The smallest absolute Gasteiger partial charge is 0.260 e. The molecule has 0 atom stereocenters. The SMILES string of the molecule is CCOc1ccccc1C(=O)Nc1cc(-c2ccco2)nn1-c1nc(C)c(C)c(=O)[nH]1. The van der Waals surface area contributed by atoms with E-state index in [4.69, 9.17) is 9.15 Å². The highest BCUT2D eigenvalue weighted by atomic mass is 16.5. The molecule has 4 aromatic rings. The lowest BCUT2D eigenvalue weighted by Gasteiger charge is -2.11. The molecule has 0 unspecified atom stereocenters. The molecule has 0 aliphatic rings. The minimum atomic E-state index is -0.387. The third-order valence-electron chi connectivity index (χ3n) is 4.74. The quantitative estimate of drug-likeness (QED) is 0.494. The second-order valence-electron chi connectivity index (χ2n) is 6.79. The van der Waals surface area contributed by atoms with E-state index in [1.807, 2.05) is 6.92 Å². The van der Waals surface area contributed by atoms with Crippen LogP contribution in [-0.4, -0.2) is 32.3 Å². The topological polar surface area (TPSA) is 115 Å². The molecule has 0 spiro atoms. The van der Waals surface area contributed by atoms with Crippen molar-refractivity contribution >= 4 is 11.7 Å². The van der Waals surface area contributed by atoms with E-state index >= 15 is 0 Å². The number of anilines is 1. The zero-order valence-corrected chi connectivity index (χ0v) is 17.3. The Bertz CT molecular complexity index is 1290. The first kappa shape index (κ1) is 20.1. The van der Waals surface area contributed by atoms with Gasteiger partial charge < -0.3 is 14.5 Å². The van der Waals surface area contributed by atoms with Crippen molar-refractivity contribution in [1.29, 1.82) is 0 Å². The van der Waals surface area contributed by atoms with Crippen molar-refractivity contribution in [3.63, 3.8) is 0 Å². The molecule has 0 aliphatic carbocycles. The van der Waals surface area contributed by atoms with E-state index in [1.165, 1.54) is 10.9 Å². The van der Waals surface area contributed by atoms with E-state index in [1.54, 1.807) is 56.3 Å². The number of furan rings is 1. The molecule has 31 heavy (non-hydrogen) atoms. The molecule has 0 radical (unpaired) electrons. The van der Waals surface area contributed by atoms with Crippen LogP contribution in [0.3, 0.4) is 0 Å². The minimum Gasteiger partial charge on any atom is -0.493 e. The molecular weight excluding hydrogens is 398 g/mol. The fourth-order valence-electron chi connectivity index (χ4n) is 3.03. The van der Waals surface area contributed by atoms with Gasteiger partial charge >= 0.3 is 0 Å². The number of nitrogens with one attached hydrogen (secondary N) is 2. The zero-order valence-electron chi connectivity index (χ0n) is 17.3. The van der Waals surface area contributed by atoms with Crippen LogP contribution in [0.25, 0.3) is 17.4 Å². The number of H-pyrrole nitrogens is 1. The fourth-order valence-corrected chi connectivity index (χ4v) is 3.03. The van der Waals surface area contributed by atoms with E-state index in [-0.39, 0.29) is 17.4 Å². The fraction of sp³-hybridized carbons (Fsp3) is 0.182. The predicted molar refractivity (Wildman–Crippen MR) is 115 cm³/mol.